The standard InChI is InChI=1S/C44H36N2/c1-43(2)37-25-23-33(30-15-9-6-10-16-30)27-35(37)36-28-34(24-26-38(36)44(43,3)4)42-41(45-39-17-11-12-18-40(39)46-42)32-21-19-31(20-22-32)29-13-7-5-8-14-29/h5-28H,1-4H3. The summed E-state index contributed by atoms with van der Waals surface area (Å²) >= 11 is 0. The molecule has 0 saturated carbocycles. The van der Waals surface area contributed by atoms with E-state index >= 15 is 0 Å². The largest absolute Gasteiger partial charge is 0.244 e. The molecule has 0 fully saturated rings. The molecule has 0 spiro atoms. The first-order valence-electron chi connectivity index (χ1n) is 16.1. The summed E-state index contributed by atoms with van der Waals surface area (Å²) < 4.78 is 0. The van der Waals surface area contributed by atoms with Crippen molar-refractivity contribution in [1.82, 2.24) is 9.97 Å². The minimum absolute atomic E-state index is 0.0551. The molecule has 7 aromatic rings. The number of hydrogen-bond donors (Lipinski definition) is 0. The Bertz CT molecular complexity index is 2230. The van der Waals surface area contributed by atoms with Crippen LogP contribution in [-0.2, 0) is 10.8 Å². The van der Waals surface area contributed by atoms with Crippen molar-refractivity contribution in [1.29, 1.82) is 0 Å². The molecule has 6 aromatic carbocycles. The van der Waals surface area contributed by atoms with Crippen LogP contribution in [0.3, 0.4) is 0 Å². The van der Waals surface area contributed by atoms with E-state index in [0.29, 0.717) is 0 Å². The summed E-state index contributed by atoms with van der Waals surface area (Å²) in [6.45, 7) is 9.54. The van der Waals surface area contributed by atoms with Crippen LogP contribution < -0.4 is 0 Å². The monoisotopic (exact) mass is 592 g/mol. The van der Waals surface area contributed by atoms with Gasteiger partial charge in [-0.15, -0.1) is 0 Å². The van der Waals surface area contributed by atoms with E-state index in [4.69, 9.17) is 9.97 Å². The maximum Gasteiger partial charge on any atom is 0.0973 e. The molecule has 0 saturated heterocycles. The highest BCUT2D eigenvalue weighted by Gasteiger charge is 2.46. The molecule has 1 heterocycles. The maximum absolute atomic E-state index is 5.27. The third kappa shape index (κ3) is 4.48. The van der Waals surface area contributed by atoms with Gasteiger partial charge in [0.05, 0.1) is 22.4 Å². The van der Waals surface area contributed by atoms with Gasteiger partial charge in [-0.2, -0.15) is 0 Å². The van der Waals surface area contributed by atoms with E-state index in [1.807, 2.05) is 18.2 Å². The number of para-hydroxylation sites is 2. The van der Waals surface area contributed by atoms with E-state index in [1.54, 1.807) is 0 Å². The Morgan fingerprint density at radius 1 is 0.348 bits per heavy atom. The maximum atomic E-state index is 5.27. The van der Waals surface area contributed by atoms with Crippen LogP contribution in [0, 0.1) is 0 Å². The van der Waals surface area contributed by atoms with Crippen molar-refractivity contribution < 1.29 is 0 Å². The van der Waals surface area contributed by atoms with Gasteiger partial charge in [0.1, 0.15) is 0 Å². The fourth-order valence-corrected chi connectivity index (χ4v) is 7.11. The number of aromatic nitrogens is 2. The SMILES string of the molecule is CC1(C)c2ccc(-c3ccccc3)cc2-c2cc(-c3nc4ccccc4nc3-c3ccc(-c4ccccc4)cc3)ccc2C1(C)C. The van der Waals surface area contributed by atoms with Crippen molar-refractivity contribution in [2.75, 3.05) is 0 Å². The van der Waals surface area contributed by atoms with E-state index in [1.165, 1.54) is 44.5 Å². The average Bonchev–Trinajstić information content (AvgIpc) is 3.11. The van der Waals surface area contributed by atoms with E-state index in [0.717, 1.165) is 33.5 Å². The minimum atomic E-state index is -0.0761. The van der Waals surface area contributed by atoms with E-state index in [-0.39, 0.29) is 10.8 Å². The molecule has 222 valence electrons. The number of nitrogens with zero attached hydrogens (tertiary/aromatic N) is 2. The van der Waals surface area contributed by atoms with Crippen molar-refractivity contribution in [3.05, 3.63) is 157 Å². The zero-order valence-corrected chi connectivity index (χ0v) is 26.8. The molecule has 2 nitrogen and oxygen atoms in total. The second-order valence-electron chi connectivity index (χ2n) is 13.5. The first kappa shape index (κ1) is 28.2. The molecule has 0 amide bonds. The lowest BCUT2D eigenvalue weighted by Crippen LogP contribution is -2.43. The van der Waals surface area contributed by atoms with Crippen molar-refractivity contribution in [3.8, 4) is 55.9 Å². The van der Waals surface area contributed by atoms with Crippen molar-refractivity contribution in [2.24, 2.45) is 0 Å². The van der Waals surface area contributed by atoms with Gasteiger partial charge in [-0.05, 0) is 79.6 Å². The van der Waals surface area contributed by atoms with Gasteiger partial charge in [-0.3, -0.25) is 0 Å². The molecule has 0 unspecified atom stereocenters. The number of rotatable bonds is 4. The van der Waals surface area contributed by atoms with Crippen LogP contribution in [-0.4, -0.2) is 9.97 Å². The van der Waals surface area contributed by atoms with Gasteiger partial charge in [0, 0.05) is 11.1 Å². The van der Waals surface area contributed by atoms with Crippen LogP contribution in [0.5, 0.6) is 0 Å². The molecule has 0 aliphatic heterocycles. The van der Waals surface area contributed by atoms with Crippen LogP contribution in [0.1, 0.15) is 38.8 Å². The topological polar surface area (TPSA) is 25.8 Å². The molecule has 8 rings (SSSR count). The van der Waals surface area contributed by atoms with Crippen molar-refractivity contribution in [3.63, 3.8) is 0 Å². The lowest BCUT2D eigenvalue weighted by atomic mass is 9.55. The number of benzene rings is 6. The molecule has 46 heavy (non-hydrogen) atoms. The molecule has 0 atom stereocenters. The summed E-state index contributed by atoms with van der Waals surface area (Å²) in [6.07, 6.45) is 0. The molecular weight excluding hydrogens is 556 g/mol. The van der Waals surface area contributed by atoms with Crippen LogP contribution in [0.25, 0.3) is 66.9 Å². The highest BCUT2D eigenvalue weighted by atomic mass is 14.8. The van der Waals surface area contributed by atoms with Crippen molar-refractivity contribution in [2.45, 2.75) is 38.5 Å². The summed E-state index contributed by atoms with van der Waals surface area (Å²) in [7, 11) is 0. The van der Waals surface area contributed by atoms with Gasteiger partial charge >= 0.3 is 0 Å². The molecular formula is C44H36N2. The third-order valence-electron chi connectivity index (χ3n) is 10.5. The number of hydrogen-bond acceptors (Lipinski definition) is 2. The summed E-state index contributed by atoms with van der Waals surface area (Å²) in [5, 5.41) is 0. The molecule has 0 bridgehead atoms. The Balaban J connectivity index is 1.33. The Morgan fingerprint density at radius 2 is 0.717 bits per heavy atom. The Morgan fingerprint density at radius 3 is 1.26 bits per heavy atom. The average molecular weight is 593 g/mol. The normalized spacial score (nSPS) is 14.4. The van der Waals surface area contributed by atoms with Gasteiger partial charge in [0.2, 0.25) is 0 Å². The highest BCUT2D eigenvalue weighted by Crippen LogP contribution is 2.55. The van der Waals surface area contributed by atoms with Crippen LogP contribution in [0.4, 0.5) is 0 Å². The molecule has 0 radical (unpaired) electrons. The number of fused-ring (bicyclic) bond motifs is 4. The molecule has 2 heteroatoms. The van der Waals surface area contributed by atoms with E-state index in [9.17, 15) is 0 Å². The van der Waals surface area contributed by atoms with E-state index in [2.05, 4.69) is 155 Å². The van der Waals surface area contributed by atoms with Gasteiger partial charge in [-0.25, -0.2) is 9.97 Å². The quantitative estimate of drug-likeness (QED) is 0.203. The molecule has 1 aliphatic rings. The second kappa shape index (κ2) is 10.6. The zero-order chi connectivity index (χ0) is 31.5. The van der Waals surface area contributed by atoms with Gasteiger partial charge in [0.15, 0.2) is 0 Å². The predicted octanol–water partition coefficient (Wildman–Crippen LogP) is 11.5. The molecule has 1 aliphatic carbocycles. The Labute approximate surface area is 271 Å². The van der Waals surface area contributed by atoms with Crippen LogP contribution in [0.2, 0.25) is 0 Å². The Hall–Kier alpha value is -5.34. The summed E-state index contributed by atoms with van der Waals surface area (Å²) in [5.74, 6) is 0. The van der Waals surface area contributed by atoms with Crippen LogP contribution in [0.15, 0.2) is 146 Å². The van der Waals surface area contributed by atoms with Gasteiger partial charge in [-0.1, -0.05) is 149 Å². The minimum Gasteiger partial charge on any atom is -0.244 e. The van der Waals surface area contributed by atoms with Gasteiger partial charge < -0.3 is 0 Å². The zero-order valence-electron chi connectivity index (χ0n) is 26.8. The summed E-state index contributed by atoms with van der Waals surface area (Å²) in [5.41, 5.74) is 15.7. The third-order valence-corrected chi connectivity index (χ3v) is 10.5. The highest BCUT2D eigenvalue weighted by molar-refractivity contribution is 5.90. The fraction of sp³-hybridized carbons (Fsp3) is 0.136. The smallest absolute Gasteiger partial charge is 0.0973 e. The first-order valence-corrected chi connectivity index (χ1v) is 16.1. The van der Waals surface area contributed by atoms with E-state index < -0.39 is 0 Å². The molecule has 1 aromatic heterocycles. The second-order valence-corrected chi connectivity index (χ2v) is 13.5. The lowest BCUT2D eigenvalue weighted by molar-refractivity contribution is 0.299. The predicted molar refractivity (Wildman–Crippen MR) is 193 cm³/mol. The van der Waals surface area contributed by atoms with Crippen molar-refractivity contribution >= 4 is 11.0 Å². The van der Waals surface area contributed by atoms with Gasteiger partial charge in [0.25, 0.3) is 0 Å². The molecule has 0 N–H and O–H groups in total. The van der Waals surface area contributed by atoms with Crippen LogP contribution >= 0.6 is 0 Å². The lowest BCUT2D eigenvalue weighted by Gasteiger charge is -2.48. The summed E-state index contributed by atoms with van der Waals surface area (Å²) in [6, 6.07) is 52.1. The fourth-order valence-electron chi connectivity index (χ4n) is 7.11. The first-order chi connectivity index (χ1) is 22.3. The Kier molecular flexibility index (Phi) is 6.51. The summed E-state index contributed by atoms with van der Waals surface area (Å²) in [4.78, 5) is 10.5.